The summed E-state index contributed by atoms with van der Waals surface area (Å²) in [6, 6.07) is 10.5. The highest BCUT2D eigenvalue weighted by Gasteiger charge is 2.17. The van der Waals surface area contributed by atoms with E-state index in [1.54, 1.807) is 19.1 Å². The fourth-order valence-electron chi connectivity index (χ4n) is 2.12. The predicted molar refractivity (Wildman–Crippen MR) is 77.8 cm³/mol. The molecule has 0 saturated carbocycles. The SMILES string of the molecule is Cc1ccc(C(O)c2ccc(C)c([N+](=O)[O-])c2)cc1C. The molecule has 0 aliphatic rings. The van der Waals surface area contributed by atoms with E-state index < -0.39 is 11.0 Å². The molecule has 104 valence electrons. The molecule has 4 heteroatoms. The van der Waals surface area contributed by atoms with E-state index in [-0.39, 0.29) is 5.69 Å². The van der Waals surface area contributed by atoms with Crippen molar-refractivity contribution < 1.29 is 10.0 Å². The van der Waals surface area contributed by atoms with Gasteiger partial charge in [-0.15, -0.1) is 0 Å². The van der Waals surface area contributed by atoms with Gasteiger partial charge in [-0.2, -0.15) is 0 Å². The van der Waals surface area contributed by atoms with Crippen LogP contribution in [0, 0.1) is 30.9 Å². The summed E-state index contributed by atoms with van der Waals surface area (Å²) >= 11 is 0. The van der Waals surface area contributed by atoms with Gasteiger partial charge in [-0.25, -0.2) is 0 Å². The topological polar surface area (TPSA) is 63.4 Å². The minimum Gasteiger partial charge on any atom is -0.384 e. The molecule has 0 heterocycles. The Morgan fingerprint density at radius 2 is 1.50 bits per heavy atom. The molecule has 20 heavy (non-hydrogen) atoms. The van der Waals surface area contributed by atoms with Crippen molar-refractivity contribution in [2.45, 2.75) is 26.9 Å². The van der Waals surface area contributed by atoms with Crippen LogP contribution >= 0.6 is 0 Å². The molecule has 0 radical (unpaired) electrons. The van der Waals surface area contributed by atoms with Crippen molar-refractivity contribution >= 4 is 5.69 Å². The molecule has 0 aliphatic carbocycles. The first-order chi connectivity index (χ1) is 9.40. The van der Waals surface area contributed by atoms with Crippen LogP contribution in [-0.4, -0.2) is 10.0 Å². The summed E-state index contributed by atoms with van der Waals surface area (Å²) in [6.07, 6.45) is -0.853. The van der Waals surface area contributed by atoms with E-state index in [2.05, 4.69) is 0 Å². The largest absolute Gasteiger partial charge is 0.384 e. The lowest BCUT2D eigenvalue weighted by molar-refractivity contribution is -0.385. The van der Waals surface area contributed by atoms with E-state index in [4.69, 9.17) is 0 Å². The van der Waals surface area contributed by atoms with E-state index in [1.165, 1.54) is 6.07 Å². The first kappa shape index (κ1) is 14.2. The van der Waals surface area contributed by atoms with E-state index in [0.29, 0.717) is 11.1 Å². The Bertz CT molecular complexity index is 665. The maximum absolute atomic E-state index is 11.0. The highest BCUT2D eigenvalue weighted by Crippen LogP contribution is 2.28. The zero-order valence-electron chi connectivity index (χ0n) is 11.8. The first-order valence-corrected chi connectivity index (χ1v) is 6.40. The van der Waals surface area contributed by atoms with Crippen molar-refractivity contribution in [3.63, 3.8) is 0 Å². The number of benzene rings is 2. The van der Waals surface area contributed by atoms with Crippen LogP contribution in [0.25, 0.3) is 0 Å². The van der Waals surface area contributed by atoms with Gasteiger partial charge in [-0.1, -0.05) is 30.3 Å². The van der Waals surface area contributed by atoms with Gasteiger partial charge >= 0.3 is 0 Å². The summed E-state index contributed by atoms with van der Waals surface area (Å²) < 4.78 is 0. The fraction of sp³-hybridized carbons (Fsp3) is 0.250. The van der Waals surface area contributed by atoms with Crippen LogP contribution in [0.1, 0.15) is 33.9 Å². The number of aliphatic hydroxyl groups is 1. The summed E-state index contributed by atoms with van der Waals surface area (Å²) in [5.74, 6) is 0. The van der Waals surface area contributed by atoms with Crippen LogP contribution < -0.4 is 0 Å². The van der Waals surface area contributed by atoms with Gasteiger partial charge < -0.3 is 5.11 Å². The second kappa shape index (κ2) is 5.43. The van der Waals surface area contributed by atoms with Crippen LogP contribution in [0.2, 0.25) is 0 Å². The standard InChI is InChI=1S/C16H17NO3/c1-10-4-6-13(8-12(10)3)16(18)14-7-5-11(2)15(9-14)17(19)20/h4-9,16,18H,1-3H3. The molecule has 2 aromatic rings. The summed E-state index contributed by atoms with van der Waals surface area (Å²) in [5, 5.41) is 21.3. The van der Waals surface area contributed by atoms with Crippen molar-refractivity contribution in [1.29, 1.82) is 0 Å². The van der Waals surface area contributed by atoms with Gasteiger partial charge in [0.2, 0.25) is 0 Å². The molecule has 0 saturated heterocycles. The number of nitro groups is 1. The quantitative estimate of drug-likeness (QED) is 0.685. The molecule has 2 rings (SSSR count). The monoisotopic (exact) mass is 271 g/mol. The predicted octanol–water partition coefficient (Wildman–Crippen LogP) is 3.60. The van der Waals surface area contributed by atoms with Crippen LogP contribution in [0.4, 0.5) is 5.69 Å². The van der Waals surface area contributed by atoms with Crippen LogP contribution in [0.3, 0.4) is 0 Å². The highest BCUT2D eigenvalue weighted by atomic mass is 16.6. The fourth-order valence-corrected chi connectivity index (χ4v) is 2.12. The zero-order valence-corrected chi connectivity index (χ0v) is 11.8. The average molecular weight is 271 g/mol. The molecular formula is C16H17NO3. The van der Waals surface area contributed by atoms with Gasteiger partial charge in [0.15, 0.2) is 0 Å². The third kappa shape index (κ3) is 2.70. The highest BCUT2D eigenvalue weighted by molar-refractivity contribution is 5.45. The third-order valence-electron chi connectivity index (χ3n) is 3.59. The molecule has 0 aromatic heterocycles. The minimum atomic E-state index is -0.853. The second-order valence-electron chi connectivity index (χ2n) is 5.05. The minimum absolute atomic E-state index is 0.0328. The van der Waals surface area contributed by atoms with Crippen molar-refractivity contribution in [3.05, 3.63) is 74.3 Å². The maximum atomic E-state index is 11.0. The van der Waals surface area contributed by atoms with E-state index in [1.807, 2.05) is 32.0 Å². The number of hydrogen-bond donors (Lipinski definition) is 1. The Balaban J connectivity index is 2.42. The maximum Gasteiger partial charge on any atom is 0.272 e. The van der Waals surface area contributed by atoms with Gasteiger partial charge in [0.1, 0.15) is 6.10 Å². The molecule has 2 aromatic carbocycles. The molecule has 1 atom stereocenters. The number of nitrogens with zero attached hydrogens (tertiary/aromatic N) is 1. The lowest BCUT2D eigenvalue weighted by Crippen LogP contribution is -2.02. The normalized spacial score (nSPS) is 12.2. The second-order valence-corrected chi connectivity index (χ2v) is 5.05. The summed E-state index contributed by atoms with van der Waals surface area (Å²) in [7, 11) is 0. The Hall–Kier alpha value is -2.20. The summed E-state index contributed by atoms with van der Waals surface area (Å²) in [5.41, 5.74) is 4.13. The van der Waals surface area contributed by atoms with E-state index in [0.717, 1.165) is 16.7 Å². The van der Waals surface area contributed by atoms with Gasteiger partial charge in [0, 0.05) is 11.6 Å². The number of aryl methyl sites for hydroxylation is 3. The van der Waals surface area contributed by atoms with Crippen molar-refractivity contribution in [2.24, 2.45) is 0 Å². The molecule has 0 fully saturated rings. The number of aliphatic hydroxyl groups excluding tert-OH is 1. The van der Waals surface area contributed by atoms with Crippen LogP contribution in [0.15, 0.2) is 36.4 Å². The van der Waals surface area contributed by atoms with Gasteiger partial charge in [-0.05, 0) is 43.0 Å². The molecular weight excluding hydrogens is 254 g/mol. The molecule has 4 nitrogen and oxygen atoms in total. The number of hydrogen-bond acceptors (Lipinski definition) is 3. The molecule has 0 aliphatic heterocycles. The van der Waals surface area contributed by atoms with Crippen LogP contribution in [-0.2, 0) is 0 Å². The molecule has 0 bridgehead atoms. The Morgan fingerprint density at radius 3 is 2.05 bits per heavy atom. The van der Waals surface area contributed by atoms with E-state index >= 15 is 0 Å². The number of rotatable bonds is 3. The van der Waals surface area contributed by atoms with Gasteiger partial charge in [-0.3, -0.25) is 10.1 Å². The summed E-state index contributed by atoms with van der Waals surface area (Å²) in [4.78, 5) is 10.5. The molecule has 1 unspecified atom stereocenters. The van der Waals surface area contributed by atoms with Gasteiger partial charge in [0.25, 0.3) is 5.69 Å². The van der Waals surface area contributed by atoms with E-state index in [9.17, 15) is 15.2 Å². The van der Waals surface area contributed by atoms with Crippen molar-refractivity contribution in [3.8, 4) is 0 Å². The average Bonchev–Trinajstić information content (AvgIpc) is 2.41. The van der Waals surface area contributed by atoms with Crippen molar-refractivity contribution in [2.75, 3.05) is 0 Å². The molecule has 0 amide bonds. The lowest BCUT2D eigenvalue weighted by Gasteiger charge is -2.13. The Labute approximate surface area is 117 Å². The van der Waals surface area contributed by atoms with Gasteiger partial charge in [0.05, 0.1) is 4.92 Å². The zero-order chi connectivity index (χ0) is 14.9. The Morgan fingerprint density at radius 1 is 0.950 bits per heavy atom. The number of nitro benzene ring substituents is 1. The molecule has 1 N–H and O–H groups in total. The smallest absolute Gasteiger partial charge is 0.272 e. The summed E-state index contributed by atoms with van der Waals surface area (Å²) in [6.45, 7) is 5.66. The Kier molecular flexibility index (Phi) is 3.86. The molecule has 0 spiro atoms. The van der Waals surface area contributed by atoms with Crippen molar-refractivity contribution in [1.82, 2.24) is 0 Å². The first-order valence-electron chi connectivity index (χ1n) is 6.40. The lowest BCUT2D eigenvalue weighted by atomic mass is 9.97. The van der Waals surface area contributed by atoms with Crippen LogP contribution in [0.5, 0.6) is 0 Å². The third-order valence-corrected chi connectivity index (χ3v) is 3.59.